The van der Waals surface area contributed by atoms with Crippen molar-refractivity contribution in [3.63, 3.8) is 0 Å². The molecule has 0 N–H and O–H groups in total. The van der Waals surface area contributed by atoms with Gasteiger partial charge in [-0.2, -0.15) is 0 Å². The van der Waals surface area contributed by atoms with Gasteiger partial charge in [0, 0.05) is 59.5 Å². The van der Waals surface area contributed by atoms with E-state index in [1.54, 1.807) is 0 Å². The Kier molecular flexibility index (Phi) is 4.15. The molecule has 3 nitrogen and oxygen atoms in total. The molecule has 0 amide bonds. The van der Waals surface area contributed by atoms with Gasteiger partial charge in [0.25, 0.3) is 0 Å². The summed E-state index contributed by atoms with van der Waals surface area (Å²) < 4.78 is 7.50. The lowest BCUT2D eigenvalue weighted by atomic mass is 9.99. The van der Waals surface area contributed by atoms with Crippen molar-refractivity contribution in [2.24, 2.45) is 0 Å². The molecule has 13 aromatic rings. The van der Waals surface area contributed by atoms with Gasteiger partial charge in [-0.15, -0.1) is 0 Å². The first kappa shape index (κ1) is 24.6. The van der Waals surface area contributed by atoms with Crippen molar-refractivity contribution in [2.45, 2.75) is 0 Å². The fraction of sp³-hybridized carbons (Fsp3) is 0. The van der Waals surface area contributed by atoms with E-state index in [-0.39, 0.29) is 0 Å². The molecule has 8 aromatic carbocycles. The van der Waals surface area contributed by atoms with Gasteiger partial charge < -0.3 is 13.4 Å². The van der Waals surface area contributed by atoms with Crippen LogP contribution in [0, 0.1) is 0 Å². The van der Waals surface area contributed by atoms with Crippen molar-refractivity contribution in [1.82, 2.24) is 13.4 Å². The van der Waals surface area contributed by atoms with E-state index in [9.17, 15) is 0 Å². The minimum Gasteiger partial charge on any atom is -0.309 e. The highest BCUT2D eigenvalue weighted by molar-refractivity contribution is 6.34. The molecule has 224 valence electrons. The van der Waals surface area contributed by atoms with Gasteiger partial charge in [0.15, 0.2) is 0 Å². The van der Waals surface area contributed by atoms with E-state index in [0.29, 0.717) is 0 Å². The molecule has 5 heterocycles. The molecule has 0 unspecified atom stereocenters. The van der Waals surface area contributed by atoms with Crippen LogP contribution in [-0.2, 0) is 0 Å². The highest BCUT2D eigenvalue weighted by Gasteiger charge is 2.24. The second kappa shape index (κ2) is 8.28. The second-order valence-electron chi connectivity index (χ2n) is 13.7. The molecule has 49 heavy (non-hydrogen) atoms. The molecule has 0 aliphatic rings. The SMILES string of the molecule is c1ccc(-n2c3ccccc3c3cc4c(cc32)c2cccc3c5cc6c7c8ccccc8cc8c9ccccc9n(c6cc5n4c23)c87)cc1. The Morgan fingerprint density at radius 2 is 0.857 bits per heavy atom. The van der Waals surface area contributed by atoms with Gasteiger partial charge in [0.1, 0.15) is 0 Å². The third kappa shape index (κ3) is 2.77. The molecule has 3 heteroatoms. The van der Waals surface area contributed by atoms with Gasteiger partial charge >= 0.3 is 0 Å². The molecule has 5 aromatic heterocycles. The second-order valence-corrected chi connectivity index (χ2v) is 13.7. The van der Waals surface area contributed by atoms with Crippen LogP contribution >= 0.6 is 0 Å². The van der Waals surface area contributed by atoms with Crippen molar-refractivity contribution in [3.8, 4) is 5.69 Å². The van der Waals surface area contributed by atoms with Gasteiger partial charge in [0.2, 0.25) is 0 Å². The van der Waals surface area contributed by atoms with Crippen molar-refractivity contribution in [1.29, 1.82) is 0 Å². The van der Waals surface area contributed by atoms with E-state index in [4.69, 9.17) is 0 Å². The zero-order chi connectivity index (χ0) is 31.5. The minimum atomic E-state index is 1.18. The van der Waals surface area contributed by atoms with Crippen LogP contribution in [0.25, 0.3) is 114 Å². The molecule has 0 aliphatic heterocycles. The number of para-hydroxylation sites is 4. The quantitative estimate of drug-likeness (QED) is 0.174. The van der Waals surface area contributed by atoms with Crippen molar-refractivity contribution in [2.75, 3.05) is 0 Å². The summed E-state index contributed by atoms with van der Waals surface area (Å²) in [6.45, 7) is 0. The Bertz CT molecular complexity index is 3540. The van der Waals surface area contributed by atoms with Crippen molar-refractivity contribution < 1.29 is 0 Å². The first-order valence-corrected chi connectivity index (χ1v) is 17.0. The Morgan fingerprint density at radius 1 is 0.286 bits per heavy atom. The van der Waals surface area contributed by atoms with Gasteiger partial charge in [-0.1, -0.05) is 97.1 Å². The van der Waals surface area contributed by atoms with Crippen molar-refractivity contribution in [3.05, 3.63) is 152 Å². The summed E-state index contributed by atoms with van der Waals surface area (Å²) in [5.74, 6) is 0. The van der Waals surface area contributed by atoms with Crippen LogP contribution in [0.2, 0.25) is 0 Å². The van der Waals surface area contributed by atoms with Gasteiger partial charge in [-0.3, -0.25) is 0 Å². The molecule has 13 rings (SSSR count). The Morgan fingerprint density at radius 3 is 1.69 bits per heavy atom. The molecule has 0 atom stereocenters. The van der Waals surface area contributed by atoms with Crippen molar-refractivity contribution >= 4 is 109 Å². The van der Waals surface area contributed by atoms with E-state index >= 15 is 0 Å². The zero-order valence-electron chi connectivity index (χ0n) is 26.3. The molecular formula is C46H25N3. The average molecular weight is 620 g/mol. The van der Waals surface area contributed by atoms with Crippen LogP contribution in [0.3, 0.4) is 0 Å². The van der Waals surface area contributed by atoms with Crippen LogP contribution in [0.4, 0.5) is 0 Å². The van der Waals surface area contributed by atoms with Crippen LogP contribution < -0.4 is 0 Å². The highest BCUT2D eigenvalue weighted by Crippen LogP contribution is 2.47. The predicted molar refractivity (Wildman–Crippen MR) is 208 cm³/mol. The molecule has 0 fully saturated rings. The lowest BCUT2D eigenvalue weighted by Gasteiger charge is -2.08. The summed E-state index contributed by atoms with van der Waals surface area (Å²) in [4.78, 5) is 0. The standard InChI is InChI=1S/C46H25N3/c1-2-12-27(13-3-1)47-38-19-8-6-15-29(38)34-23-41-35(24-40(34)47)32-18-10-17-31-33-22-37-43(25-42(33)49(41)45(31)32)48-39-20-9-7-16-30(39)36-21-26-11-4-5-14-28(26)44(37)46(36)48/h1-25H. The molecule has 0 aliphatic carbocycles. The number of nitrogens with zero attached hydrogens (tertiary/aromatic N) is 3. The van der Waals surface area contributed by atoms with Crippen LogP contribution in [0.5, 0.6) is 0 Å². The third-order valence-electron chi connectivity index (χ3n) is 11.4. The van der Waals surface area contributed by atoms with E-state index in [0.717, 1.165) is 0 Å². The van der Waals surface area contributed by atoms with Crippen LogP contribution in [-0.4, -0.2) is 13.4 Å². The maximum Gasteiger partial charge on any atom is 0.0626 e. The largest absolute Gasteiger partial charge is 0.309 e. The molecular weight excluding hydrogens is 595 g/mol. The maximum atomic E-state index is 2.55. The summed E-state index contributed by atoms with van der Waals surface area (Å²) in [6, 6.07) is 56.5. The summed E-state index contributed by atoms with van der Waals surface area (Å²) in [7, 11) is 0. The summed E-state index contributed by atoms with van der Waals surface area (Å²) >= 11 is 0. The van der Waals surface area contributed by atoms with E-state index < -0.39 is 0 Å². The highest BCUT2D eigenvalue weighted by atomic mass is 15.0. The fourth-order valence-corrected chi connectivity index (χ4v) is 9.53. The number of benzene rings is 8. The Hall–Kier alpha value is -6.58. The van der Waals surface area contributed by atoms with Crippen LogP contribution in [0.15, 0.2) is 152 Å². The predicted octanol–water partition coefficient (Wildman–Crippen LogP) is 12.2. The number of aromatic nitrogens is 3. The normalized spacial score (nSPS) is 12.9. The van der Waals surface area contributed by atoms with Gasteiger partial charge in [-0.25, -0.2) is 0 Å². The zero-order valence-corrected chi connectivity index (χ0v) is 26.3. The number of rotatable bonds is 1. The lowest BCUT2D eigenvalue weighted by molar-refractivity contribution is 1.18. The molecule has 0 saturated carbocycles. The summed E-state index contributed by atoms with van der Waals surface area (Å²) in [5, 5.41) is 15.7. The minimum absolute atomic E-state index is 1.18. The summed E-state index contributed by atoms with van der Waals surface area (Å²) in [6.07, 6.45) is 0. The Balaban J connectivity index is 1.26. The summed E-state index contributed by atoms with van der Waals surface area (Å²) in [5.41, 5.74) is 11.3. The fourth-order valence-electron chi connectivity index (χ4n) is 9.53. The van der Waals surface area contributed by atoms with E-state index in [1.807, 2.05) is 0 Å². The van der Waals surface area contributed by atoms with E-state index in [2.05, 4.69) is 165 Å². The maximum absolute atomic E-state index is 2.55. The molecule has 0 radical (unpaired) electrons. The topological polar surface area (TPSA) is 13.8 Å². The molecule has 0 bridgehead atoms. The third-order valence-corrected chi connectivity index (χ3v) is 11.4. The first-order chi connectivity index (χ1) is 24.3. The molecule has 0 saturated heterocycles. The lowest BCUT2D eigenvalue weighted by Crippen LogP contribution is -1.92. The monoisotopic (exact) mass is 619 g/mol. The van der Waals surface area contributed by atoms with Crippen LogP contribution in [0.1, 0.15) is 0 Å². The van der Waals surface area contributed by atoms with Gasteiger partial charge in [-0.05, 0) is 65.4 Å². The number of hydrogen-bond acceptors (Lipinski definition) is 0. The van der Waals surface area contributed by atoms with E-state index in [1.165, 1.54) is 114 Å². The first-order valence-electron chi connectivity index (χ1n) is 17.0. The average Bonchev–Trinajstić information content (AvgIpc) is 3.93. The number of fused-ring (bicyclic) bond motifs is 17. The smallest absolute Gasteiger partial charge is 0.0626 e. The van der Waals surface area contributed by atoms with Gasteiger partial charge in [0.05, 0.1) is 44.1 Å². The molecule has 0 spiro atoms. The Labute approximate surface area is 278 Å². The number of hydrogen-bond donors (Lipinski definition) is 0.